The van der Waals surface area contributed by atoms with E-state index >= 15 is 0 Å². The Labute approximate surface area is 101 Å². The van der Waals surface area contributed by atoms with Crippen LogP contribution < -0.4 is 5.73 Å². The minimum atomic E-state index is 0.162. The molecule has 16 heavy (non-hydrogen) atoms. The molecule has 2 nitrogen and oxygen atoms in total. The minimum absolute atomic E-state index is 0.162. The summed E-state index contributed by atoms with van der Waals surface area (Å²) in [4.78, 5) is 1.31. The number of hydrogen-bond acceptors (Lipinski definition) is 2. The number of nitrogen functional groups attached to an aromatic ring is 1. The summed E-state index contributed by atoms with van der Waals surface area (Å²) < 4.78 is 0. The van der Waals surface area contributed by atoms with Gasteiger partial charge in [-0.05, 0) is 43.5 Å². The summed E-state index contributed by atoms with van der Waals surface area (Å²) in [7, 11) is 0. The average Bonchev–Trinajstić information content (AvgIpc) is 2.70. The van der Waals surface area contributed by atoms with Crippen molar-refractivity contribution >= 4 is 17.6 Å². The maximum Gasteiger partial charge on any atom is 0.123 e. The monoisotopic (exact) mass is 234 g/mol. The van der Waals surface area contributed by atoms with Gasteiger partial charge in [0.25, 0.3) is 0 Å². The molecule has 0 spiro atoms. The number of nitrogens with one attached hydrogen (secondary N) is 1. The summed E-state index contributed by atoms with van der Waals surface area (Å²) in [5.74, 6) is 0.162. The molecule has 0 atom stereocenters. The average molecular weight is 234 g/mol. The second-order valence-electron chi connectivity index (χ2n) is 4.41. The van der Waals surface area contributed by atoms with Crippen LogP contribution in [0.3, 0.4) is 0 Å². The number of thioether (sulfide) groups is 1. The molecule has 1 aromatic carbocycles. The summed E-state index contributed by atoms with van der Waals surface area (Å²) in [6.45, 7) is 2.02. The molecule has 2 rings (SSSR count). The Morgan fingerprint density at radius 3 is 2.62 bits per heavy atom. The molecule has 0 radical (unpaired) electrons. The number of nitrogens with two attached hydrogens (primary N) is 1. The van der Waals surface area contributed by atoms with Crippen molar-refractivity contribution in [2.75, 3.05) is 0 Å². The fourth-order valence-corrected chi connectivity index (χ4v) is 3.56. The quantitative estimate of drug-likeness (QED) is 0.622. The zero-order valence-electron chi connectivity index (χ0n) is 9.62. The Morgan fingerprint density at radius 1 is 1.38 bits per heavy atom. The van der Waals surface area contributed by atoms with Crippen LogP contribution in [-0.2, 0) is 0 Å². The first-order valence-corrected chi connectivity index (χ1v) is 6.66. The van der Waals surface area contributed by atoms with Gasteiger partial charge < -0.3 is 5.73 Å². The van der Waals surface area contributed by atoms with Crippen molar-refractivity contribution in [1.82, 2.24) is 0 Å². The first-order valence-electron chi connectivity index (χ1n) is 5.78. The van der Waals surface area contributed by atoms with E-state index in [9.17, 15) is 0 Å². The Hall–Kier alpha value is -0.960. The highest BCUT2D eigenvalue weighted by molar-refractivity contribution is 8.00. The zero-order chi connectivity index (χ0) is 11.5. The summed E-state index contributed by atoms with van der Waals surface area (Å²) in [6.07, 6.45) is 5.45. The normalized spacial score (nSPS) is 16.6. The van der Waals surface area contributed by atoms with Gasteiger partial charge in [-0.2, -0.15) is 0 Å². The van der Waals surface area contributed by atoms with Gasteiger partial charge >= 0.3 is 0 Å². The second-order valence-corrected chi connectivity index (χ2v) is 5.79. The van der Waals surface area contributed by atoms with E-state index in [1.807, 2.05) is 24.8 Å². The van der Waals surface area contributed by atoms with Crippen LogP contribution in [0.4, 0.5) is 0 Å². The van der Waals surface area contributed by atoms with E-state index in [0.29, 0.717) is 0 Å². The van der Waals surface area contributed by atoms with Gasteiger partial charge in [0.2, 0.25) is 0 Å². The van der Waals surface area contributed by atoms with Gasteiger partial charge in [0, 0.05) is 15.7 Å². The number of benzene rings is 1. The topological polar surface area (TPSA) is 49.9 Å². The maximum atomic E-state index is 7.44. The van der Waals surface area contributed by atoms with Crippen LogP contribution >= 0.6 is 11.8 Å². The summed E-state index contributed by atoms with van der Waals surface area (Å²) in [5, 5.41) is 8.24. The molecule has 3 heteroatoms. The second kappa shape index (κ2) is 4.91. The molecule has 1 aliphatic carbocycles. The van der Waals surface area contributed by atoms with E-state index in [0.717, 1.165) is 16.4 Å². The highest BCUT2D eigenvalue weighted by atomic mass is 32.2. The third kappa shape index (κ3) is 2.59. The smallest absolute Gasteiger partial charge is 0.123 e. The molecule has 1 aliphatic rings. The van der Waals surface area contributed by atoms with Crippen LogP contribution in [0, 0.1) is 12.3 Å². The molecule has 86 valence electrons. The molecule has 1 fully saturated rings. The van der Waals surface area contributed by atoms with Gasteiger partial charge in [-0.15, -0.1) is 11.8 Å². The van der Waals surface area contributed by atoms with E-state index < -0.39 is 0 Å². The molecule has 1 aromatic rings. The van der Waals surface area contributed by atoms with E-state index in [2.05, 4.69) is 12.1 Å². The van der Waals surface area contributed by atoms with Crippen molar-refractivity contribution in [2.24, 2.45) is 5.73 Å². The fourth-order valence-electron chi connectivity index (χ4n) is 2.21. The van der Waals surface area contributed by atoms with Crippen LogP contribution in [0.25, 0.3) is 0 Å². The molecule has 0 aliphatic heterocycles. The highest BCUT2D eigenvalue weighted by Crippen LogP contribution is 2.35. The summed E-state index contributed by atoms with van der Waals surface area (Å²) in [5.41, 5.74) is 7.47. The molecule has 1 saturated carbocycles. The lowest BCUT2D eigenvalue weighted by molar-refractivity contribution is 0.886. The Balaban J connectivity index is 2.11. The Bertz CT molecular complexity index is 395. The largest absolute Gasteiger partial charge is 0.384 e. The van der Waals surface area contributed by atoms with Crippen LogP contribution in [-0.4, -0.2) is 11.1 Å². The van der Waals surface area contributed by atoms with Crippen molar-refractivity contribution < 1.29 is 0 Å². The van der Waals surface area contributed by atoms with E-state index in [-0.39, 0.29) is 5.84 Å². The van der Waals surface area contributed by atoms with Gasteiger partial charge in [-0.3, -0.25) is 5.41 Å². The standard InChI is InChI=1S/C13H18N2S/c1-9-8-11(6-7-12(9)13(14)15)16-10-4-2-3-5-10/h6-8,10H,2-5H2,1H3,(H3,14,15). The van der Waals surface area contributed by atoms with Gasteiger partial charge in [-0.25, -0.2) is 0 Å². The lowest BCUT2D eigenvalue weighted by atomic mass is 10.1. The van der Waals surface area contributed by atoms with E-state index in [4.69, 9.17) is 11.1 Å². The lowest BCUT2D eigenvalue weighted by Crippen LogP contribution is -2.12. The number of rotatable bonds is 3. The van der Waals surface area contributed by atoms with Crippen molar-refractivity contribution in [3.63, 3.8) is 0 Å². The predicted octanol–water partition coefficient (Wildman–Crippen LogP) is 3.31. The van der Waals surface area contributed by atoms with E-state index in [1.165, 1.54) is 30.6 Å². The van der Waals surface area contributed by atoms with Crippen molar-refractivity contribution in [3.05, 3.63) is 29.3 Å². The van der Waals surface area contributed by atoms with Crippen molar-refractivity contribution in [2.45, 2.75) is 42.8 Å². The SMILES string of the molecule is Cc1cc(SC2CCCC2)ccc1C(=N)N. The molecule has 0 saturated heterocycles. The third-order valence-electron chi connectivity index (χ3n) is 3.09. The van der Waals surface area contributed by atoms with Crippen molar-refractivity contribution in [1.29, 1.82) is 5.41 Å². The molecule has 0 unspecified atom stereocenters. The molecular formula is C13H18N2S. The third-order valence-corrected chi connectivity index (χ3v) is 4.42. The first kappa shape index (κ1) is 11.5. The van der Waals surface area contributed by atoms with Gasteiger partial charge in [0.05, 0.1) is 0 Å². The van der Waals surface area contributed by atoms with Gasteiger partial charge in [0.15, 0.2) is 0 Å². The minimum Gasteiger partial charge on any atom is -0.384 e. The van der Waals surface area contributed by atoms with Crippen LogP contribution in [0.15, 0.2) is 23.1 Å². The van der Waals surface area contributed by atoms with Crippen LogP contribution in [0.1, 0.15) is 36.8 Å². The Kier molecular flexibility index (Phi) is 3.54. The maximum absolute atomic E-state index is 7.44. The van der Waals surface area contributed by atoms with Crippen molar-refractivity contribution in [3.8, 4) is 0 Å². The highest BCUT2D eigenvalue weighted by Gasteiger charge is 2.16. The predicted molar refractivity (Wildman–Crippen MR) is 70.3 cm³/mol. The Morgan fingerprint density at radius 2 is 2.06 bits per heavy atom. The number of hydrogen-bond donors (Lipinski definition) is 2. The zero-order valence-corrected chi connectivity index (χ0v) is 10.4. The fraction of sp³-hybridized carbons (Fsp3) is 0.462. The van der Waals surface area contributed by atoms with E-state index in [1.54, 1.807) is 0 Å². The molecular weight excluding hydrogens is 216 g/mol. The summed E-state index contributed by atoms with van der Waals surface area (Å²) >= 11 is 1.97. The summed E-state index contributed by atoms with van der Waals surface area (Å²) in [6, 6.07) is 6.21. The molecule has 0 aromatic heterocycles. The molecule has 0 amide bonds. The van der Waals surface area contributed by atoms with Crippen LogP contribution in [0.2, 0.25) is 0 Å². The number of amidine groups is 1. The number of aryl methyl sites for hydroxylation is 1. The van der Waals surface area contributed by atoms with Gasteiger partial charge in [0.1, 0.15) is 5.84 Å². The van der Waals surface area contributed by atoms with Crippen LogP contribution in [0.5, 0.6) is 0 Å². The molecule has 0 bridgehead atoms. The first-order chi connectivity index (χ1) is 7.66. The molecule has 0 heterocycles. The lowest BCUT2D eigenvalue weighted by Gasteiger charge is -2.11. The molecule has 3 N–H and O–H groups in total. The van der Waals surface area contributed by atoms with Gasteiger partial charge in [-0.1, -0.05) is 12.8 Å².